The van der Waals surface area contributed by atoms with Crippen molar-refractivity contribution in [3.05, 3.63) is 69.5 Å². The van der Waals surface area contributed by atoms with Crippen LogP contribution in [0.15, 0.2) is 36.4 Å². The summed E-state index contributed by atoms with van der Waals surface area (Å²) >= 11 is 5.84. The Bertz CT molecular complexity index is 529. The first-order chi connectivity index (χ1) is 8.49. The second kappa shape index (κ2) is 5.09. The Morgan fingerprint density at radius 2 is 1.78 bits per heavy atom. The molecule has 1 N–H and O–H groups in total. The van der Waals surface area contributed by atoms with E-state index in [1.54, 1.807) is 0 Å². The van der Waals surface area contributed by atoms with E-state index in [1.165, 1.54) is 18.2 Å². The number of hydrogen-bond donors (Lipinski definition) is 1. The molecule has 0 aromatic heterocycles. The third-order valence-electron chi connectivity index (χ3n) is 2.98. The SMILES string of the molecule is Cc1ccc(C)c(C(O)c2cc(Cl)ccc2F)c1. The van der Waals surface area contributed by atoms with Crippen molar-refractivity contribution in [3.8, 4) is 0 Å². The van der Waals surface area contributed by atoms with Crippen molar-refractivity contribution in [1.29, 1.82) is 0 Å². The maximum atomic E-state index is 13.7. The number of halogens is 2. The van der Waals surface area contributed by atoms with E-state index in [9.17, 15) is 9.50 Å². The molecule has 2 aromatic carbocycles. The number of hydrogen-bond acceptors (Lipinski definition) is 1. The molecule has 2 rings (SSSR count). The molecule has 0 aliphatic heterocycles. The number of benzene rings is 2. The lowest BCUT2D eigenvalue weighted by Gasteiger charge is -2.16. The van der Waals surface area contributed by atoms with Crippen LogP contribution in [0.3, 0.4) is 0 Å². The molecule has 94 valence electrons. The quantitative estimate of drug-likeness (QED) is 0.863. The summed E-state index contributed by atoms with van der Waals surface area (Å²) in [6.45, 7) is 3.82. The van der Waals surface area contributed by atoms with Gasteiger partial charge in [-0.15, -0.1) is 0 Å². The van der Waals surface area contributed by atoms with E-state index in [2.05, 4.69) is 0 Å². The summed E-state index contributed by atoms with van der Waals surface area (Å²) in [5, 5.41) is 10.7. The number of aliphatic hydroxyl groups excluding tert-OH is 1. The summed E-state index contributed by atoms with van der Waals surface area (Å²) in [5.41, 5.74) is 2.86. The molecule has 2 aromatic rings. The summed E-state index contributed by atoms with van der Waals surface area (Å²) < 4.78 is 13.7. The van der Waals surface area contributed by atoms with Crippen LogP contribution in [0, 0.1) is 19.7 Å². The average molecular weight is 265 g/mol. The van der Waals surface area contributed by atoms with Crippen LogP contribution in [0.25, 0.3) is 0 Å². The van der Waals surface area contributed by atoms with Gasteiger partial charge in [-0.05, 0) is 43.2 Å². The first-order valence-electron chi connectivity index (χ1n) is 5.69. The third-order valence-corrected chi connectivity index (χ3v) is 3.22. The highest BCUT2D eigenvalue weighted by molar-refractivity contribution is 6.30. The van der Waals surface area contributed by atoms with Crippen molar-refractivity contribution in [1.82, 2.24) is 0 Å². The van der Waals surface area contributed by atoms with Crippen LogP contribution < -0.4 is 0 Å². The lowest BCUT2D eigenvalue weighted by Crippen LogP contribution is -2.05. The highest BCUT2D eigenvalue weighted by Crippen LogP contribution is 2.29. The zero-order valence-corrected chi connectivity index (χ0v) is 11.0. The highest BCUT2D eigenvalue weighted by atomic mass is 35.5. The molecular weight excluding hydrogens is 251 g/mol. The minimum atomic E-state index is -0.997. The number of aryl methyl sites for hydroxylation is 2. The zero-order valence-electron chi connectivity index (χ0n) is 10.2. The maximum Gasteiger partial charge on any atom is 0.129 e. The Morgan fingerprint density at radius 3 is 2.50 bits per heavy atom. The molecule has 0 bridgehead atoms. The summed E-state index contributed by atoms with van der Waals surface area (Å²) in [4.78, 5) is 0. The molecule has 0 spiro atoms. The Balaban J connectivity index is 2.50. The minimum Gasteiger partial charge on any atom is -0.384 e. The highest BCUT2D eigenvalue weighted by Gasteiger charge is 2.17. The van der Waals surface area contributed by atoms with Crippen LogP contribution in [-0.2, 0) is 0 Å². The molecule has 0 aliphatic carbocycles. The Labute approximate surface area is 111 Å². The van der Waals surface area contributed by atoms with Gasteiger partial charge in [0.25, 0.3) is 0 Å². The van der Waals surface area contributed by atoms with Gasteiger partial charge in [-0.1, -0.05) is 35.4 Å². The van der Waals surface area contributed by atoms with Gasteiger partial charge >= 0.3 is 0 Å². The van der Waals surface area contributed by atoms with E-state index in [-0.39, 0.29) is 5.56 Å². The second-order valence-corrected chi connectivity index (χ2v) is 4.86. The van der Waals surface area contributed by atoms with Crippen LogP contribution in [0.1, 0.15) is 28.4 Å². The van der Waals surface area contributed by atoms with E-state index in [1.807, 2.05) is 32.0 Å². The van der Waals surface area contributed by atoms with Crippen LogP contribution in [0.2, 0.25) is 5.02 Å². The van der Waals surface area contributed by atoms with Gasteiger partial charge in [-0.2, -0.15) is 0 Å². The van der Waals surface area contributed by atoms with E-state index in [0.29, 0.717) is 10.6 Å². The first kappa shape index (κ1) is 13.1. The Morgan fingerprint density at radius 1 is 1.06 bits per heavy atom. The summed E-state index contributed by atoms with van der Waals surface area (Å²) in [7, 11) is 0. The van der Waals surface area contributed by atoms with Crippen LogP contribution in [0.4, 0.5) is 4.39 Å². The van der Waals surface area contributed by atoms with Crippen LogP contribution in [0.5, 0.6) is 0 Å². The fourth-order valence-electron chi connectivity index (χ4n) is 1.95. The van der Waals surface area contributed by atoms with E-state index < -0.39 is 11.9 Å². The lowest BCUT2D eigenvalue weighted by molar-refractivity contribution is 0.214. The van der Waals surface area contributed by atoms with Crippen molar-refractivity contribution < 1.29 is 9.50 Å². The fourth-order valence-corrected chi connectivity index (χ4v) is 2.13. The van der Waals surface area contributed by atoms with Gasteiger partial charge in [0.15, 0.2) is 0 Å². The predicted molar refractivity (Wildman–Crippen MR) is 71.4 cm³/mol. The van der Waals surface area contributed by atoms with Crippen molar-refractivity contribution in [2.45, 2.75) is 20.0 Å². The van der Waals surface area contributed by atoms with Gasteiger partial charge in [0.1, 0.15) is 11.9 Å². The monoisotopic (exact) mass is 264 g/mol. The summed E-state index contributed by atoms with van der Waals surface area (Å²) in [5.74, 6) is -0.451. The molecule has 0 heterocycles. The summed E-state index contributed by atoms with van der Waals surface area (Å²) in [6, 6.07) is 9.93. The Hall–Kier alpha value is -1.38. The molecule has 0 aliphatic rings. The van der Waals surface area contributed by atoms with E-state index >= 15 is 0 Å². The number of aliphatic hydroxyl groups is 1. The molecule has 3 heteroatoms. The maximum absolute atomic E-state index is 13.7. The van der Waals surface area contributed by atoms with Gasteiger partial charge in [0.2, 0.25) is 0 Å². The molecule has 0 saturated carbocycles. The molecule has 0 amide bonds. The number of rotatable bonds is 2. The van der Waals surface area contributed by atoms with Crippen molar-refractivity contribution in [2.24, 2.45) is 0 Å². The van der Waals surface area contributed by atoms with Crippen molar-refractivity contribution in [3.63, 3.8) is 0 Å². The smallest absolute Gasteiger partial charge is 0.129 e. The molecule has 1 atom stereocenters. The molecule has 0 radical (unpaired) electrons. The molecule has 1 nitrogen and oxygen atoms in total. The Kier molecular flexibility index (Phi) is 3.69. The second-order valence-electron chi connectivity index (χ2n) is 4.43. The van der Waals surface area contributed by atoms with E-state index in [4.69, 9.17) is 11.6 Å². The molecule has 1 unspecified atom stereocenters. The predicted octanol–water partition coefficient (Wildman–Crippen LogP) is 4.18. The summed E-state index contributed by atoms with van der Waals surface area (Å²) in [6.07, 6.45) is -0.997. The molecular formula is C15H14ClFO. The van der Waals surface area contributed by atoms with Gasteiger partial charge in [0.05, 0.1) is 0 Å². The molecule has 0 saturated heterocycles. The van der Waals surface area contributed by atoms with E-state index in [0.717, 1.165) is 11.1 Å². The lowest BCUT2D eigenvalue weighted by atomic mass is 9.95. The van der Waals surface area contributed by atoms with Gasteiger partial charge in [-0.25, -0.2) is 4.39 Å². The largest absolute Gasteiger partial charge is 0.384 e. The standard InChI is InChI=1S/C15H14ClFO/c1-9-3-4-10(2)12(7-9)15(18)13-8-11(16)5-6-14(13)17/h3-8,15,18H,1-2H3. The molecule has 0 fully saturated rings. The minimum absolute atomic E-state index is 0.205. The van der Waals surface area contributed by atoms with Crippen molar-refractivity contribution >= 4 is 11.6 Å². The molecule has 18 heavy (non-hydrogen) atoms. The van der Waals surface area contributed by atoms with Gasteiger partial charge in [0, 0.05) is 10.6 Å². The third kappa shape index (κ3) is 2.55. The fraction of sp³-hybridized carbons (Fsp3) is 0.200. The van der Waals surface area contributed by atoms with Crippen LogP contribution in [-0.4, -0.2) is 5.11 Å². The van der Waals surface area contributed by atoms with Crippen LogP contribution >= 0.6 is 11.6 Å². The first-order valence-corrected chi connectivity index (χ1v) is 6.07. The topological polar surface area (TPSA) is 20.2 Å². The zero-order chi connectivity index (χ0) is 13.3. The van der Waals surface area contributed by atoms with Gasteiger partial charge in [-0.3, -0.25) is 0 Å². The average Bonchev–Trinajstić information content (AvgIpc) is 2.34. The van der Waals surface area contributed by atoms with Gasteiger partial charge < -0.3 is 5.11 Å². The van der Waals surface area contributed by atoms with Crippen molar-refractivity contribution in [2.75, 3.05) is 0 Å². The normalized spacial score (nSPS) is 12.5.